The van der Waals surface area contributed by atoms with E-state index >= 15 is 0 Å². The van der Waals surface area contributed by atoms with Gasteiger partial charge in [0.25, 0.3) is 5.56 Å². The first kappa shape index (κ1) is 16.1. The van der Waals surface area contributed by atoms with Crippen molar-refractivity contribution in [3.63, 3.8) is 0 Å². The van der Waals surface area contributed by atoms with Crippen LogP contribution in [0.5, 0.6) is 0 Å². The van der Waals surface area contributed by atoms with Crippen molar-refractivity contribution in [2.24, 2.45) is 7.05 Å². The summed E-state index contributed by atoms with van der Waals surface area (Å²) < 4.78 is 2.47. The number of aryl methyl sites for hydroxylation is 1. The molecule has 0 spiro atoms. The zero-order valence-electron chi connectivity index (χ0n) is 11.5. The second kappa shape index (κ2) is 6.26. The van der Waals surface area contributed by atoms with Gasteiger partial charge < -0.3 is 4.57 Å². The molecule has 0 aliphatic heterocycles. The lowest BCUT2D eigenvalue weighted by Crippen LogP contribution is -2.38. The zero-order chi connectivity index (χ0) is 15.7. The van der Waals surface area contributed by atoms with Crippen molar-refractivity contribution in [3.8, 4) is 5.69 Å². The quantitative estimate of drug-likeness (QED) is 0.798. The molecule has 0 N–H and O–H groups in total. The molecule has 0 fully saturated rings. The third-order valence-electron chi connectivity index (χ3n) is 3.15. The molecule has 0 unspecified atom stereocenters. The Morgan fingerprint density at radius 2 is 1.62 bits per heavy atom. The van der Waals surface area contributed by atoms with Gasteiger partial charge >= 0.3 is 5.69 Å². The first-order valence-electron chi connectivity index (χ1n) is 6.33. The van der Waals surface area contributed by atoms with E-state index in [4.69, 9.17) is 34.8 Å². The van der Waals surface area contributed by atoms with Crippen LogP contribution in [0.25, 0.3) is 5.69 Å². The molecule has 0 atom stereocenters. The van der Waals surface area contributed by atoms with Gasteiger partial charge in [-0.05, 0) is 18.6 Å². The highest BCUT2D eigenvalue weighted by Gasteiger charge is 2.13. The molecule has 0 aliphatic carbocycles. The lowest BCUT2D eigenvalue weighted by Gasteiger charge is -2.12. The van der Waals surface area contributed by atoms with Crippen LogP contribution in [0.2, 0.25) is 15.1 Å². The Hall–Kier alpha value is -1.23. The van der Waals surface area contributed by atoms with Gasteiger partial charge in [0.2, 0.25) is 0 Å². The highest BCUT2D eigenvalue weighted by molar-refractivity contribution is 6.48. The molecule has 2 rings (SSSR count). The fourth-order valence-electron chi connectivity index (χ4n) is 2.08. The van der Waals surface area contributed by atoms with Gasteiger partial charge in [-0.25, -0.2) is 9.36 Å². The minimum absolute atomic E-state index is 0.186. The van der Waals surface area contributed by atoms with Crippen LogP contribution in [0.3, 0.4) is 0 Å². The molecule has 0 saturated carbocycles. The Morgan fingerprint density at radius 1 is 1.05 bits per heavy atom. The molecular formula is C14H13Cl3N2O2. The van der Waals surface area contributed by atoms with E-state index < -0.39 is 11.2 Å². The van der Waals surface area contributed by atoms with Crippen LogP contribution in [-0.2, 0) is 13.5 Å². The van der Waals surface area contributed by atoms with Gasteiger partial charge in [0.05, 0.1) is 20.8 Å². The second-order valence-electron chi connectivity index (χ2n) is 4.62. The van der Waals surface area contributed by atoms with E-state index in [0.29, 0.717) is 17.8 Å². The van der Waals surface area contributed by atoms with E-state index in [9.17, 15) is 9.59 Å². The standard InChI is InChI=1S/C14H13Cl3N2O2/c1-3-4-8-7-12(20)19(14(21)18(8)2)9-5-10(15)13(17)11(16)6-9/h5-7H,3-4H2,1-2H3. The molecule has 1 heterocycles. The molecule has 2 aromatic rings. The Bertz CT molecular complexity index is 786. The number of hydrogen-bond acceptors (Lipinski definition) is 2. The first-order chi connectivity index (χ1) is 9.86. The normalized spacial score (nSPS) is 10.9. The van der Waals surface area contributed by atoms with Gasteiger partial charge in [0, 0.05) is 18.8 Å². The molecule has 0 aliphatic rings. The smallest absolute Gasteiger partial charge is 0.300 e. The van der Waals surface area contributed by atoms with Crippen LogP contribution in [0, 0.1) is 0 Å². The monoisotopic (exact) mass is 346 g/mol. The van der Waals surface area contributed by atoms with Gasteiger partial charge in [-0.3, -0.25) is 4.79 Å². The van der Waals surface area contributed by atoms with E-state index in [-0.39, 0.29) is 15.1 Å². The van der Waals surface area contributed by atoms with Crippen LogP contribution in [0.15, 0.2) is 27.8 Å². The largest absolute Gasteiger partial charge is 0.335 e. The Balaban J connectivity index is 2.74. The van der Waals surface area contributed by atoms with Crippen molar-refractivity contribution in [2.45, 2.75) is 19.8 Å². The molecule has 1 aromatic heterocycles. The number of nitrogens with zero attached hydrogens (tertiary/aromatic N) is 2. The van der Waals surface area contributed by atoms with E-state index in [1.165, 1.54) is 22.8 Å². The molecule has 1 aromatic carbocycles. The summed E-state index contributed by atoms with van der Waals surface area (Å²) >= 11 is 17.8. The van der Waals surface area contributed by atoms with E-state index in [2.05, 4.69) is 0 Å². The number of aromatic nitrogens is 2. The van der Waals surface area contributed by atoms with Gasteiger partial charge in [0.1, 0.15) is 0 Å². The molecule has 0 bridgehead atoms. The summed E-state index contributed by atoms with van der Waals surface area (Å²) in [5.41, 5.74) is 0.120. The summed E-state index contributed by atoms with van der Waals surface area (Å²) in [5.74, 6) is 0. The number of benzene rings is 1. The summed E-state index contributed by atoms with van der Waals surface area (Å²) in [4.78, 5) is 24.6. The average molecular weight is 348 g/mol. The first-order valence-corrected chi connectivity index (χ1v) is 7.47. The molecular weight excluding hydrogens is 335 g/mol. The summed E-state index contributed by atoms with van der Waals surface area (Å²) in [7, 11) is 1.63. The van der Waals surface area contributed by atoms with Crippen molar-refractivity contribution in [2.75, 3.05) is 0 Å². The Morgan fingerprint density at radius 3 is 2.14 bits per heavy atom. The van der Waals surface area contributed by atoms with Crippen molar-refractivity contribution in [3.05, 3.63) is 59.8 Å². The van der Waals surface area contributed by atoms with Crippen LogP contribution in [-0.4, -0.2) is 9.13 Å². The third kappa shape index (κ3) is 3.03. The van der Waals surface area contributed by atoms with E-state index in [1.807, 2.05) is 6.92 Å². The summed E-state index contributed by atoms with van der Waals surface area (Å²) in [6, 6.07) is 4.33. The highest BCUT2D eigenvalue weighted by Crippen LogP contribution is 2.31. The highest BCUT2D eigenvalue weighted by atomic mass is 35.5. The molecule has 4 nitrogen and oxygen atoms in total. The lowest BCUT2D eigenvalue weighted by atomic mass is 10.2. The molecule has 21 heavy (non-hydrogen) atoms. The second-order valence-corrected chi connectivity index (χ2v) is 5.82. The summed E-state index contributed by atoms with van der Waals surface area (Å²) in [6.07, 6.45) is 1.50. The fraction of sp³-hybridized carbons (Fsp3) is 0.286. The summed E-state index contributed by atoms with van der Waals surface area (Å²) in [6.45, 7) is 1.98. The van der Waals surface area contributed by atoms with Crippen LogP contribution >= 0.6 is 34.8 Å². The van der Waals surface area contributed by atoms with Crippen LogP contribution in [0.1, 0.15) is 19.0 Å². The maximum Gasteiger partial charge on any atom is 0.335 e. The molecule has 7 heteroatoms. The Labute approximate surface area is 136 Å². The third-order valence-corrected chi connectivity index (χ3v) is 4.35. The summed E-state index contributed by atoms with van der Waals surface area (Å²) in [5, 5.41) is 0.561. The van der Waals surface area contributed by atoms with E-state index in [1.54, 1.807) is 7.05 Å². The van der Waals surface area contributed by atoms with Crippen molar-refractivity contribution in [1.82, 2.24) is 9.13 Å². The van der Waals surface area contributed by atoms with Gasteiger partial charge in [-0.1, -0.05) is 48.1 Å². The SMILES string of the molecule is CCCc1cc(=O)n(-c2cc(Cl)c(Cl)c(Cl)c2)c(=O)n1C. The Kier molecular flexibility index (Phi) is 4.81. The number of halogens is 3. The van der Waals surface area contributed by atoms with E-state index in [0.717, 1.165) is 11.0 Å². The molecule has 0 radical (unpaired) electrons. The number of hydrogen-bond donors (Lipinski definition) is 0. The predicted molar refractivity (Wildman–Crippen MR) is 86.3 cm³/mol. The minimum atomic E-state index is -0.444. The maximum atomic E-state index is 12.4. The fourth-order valence-corrected chi connectivity index (χ4v) is 2.66. The van der Waals surface area contributed by atoms with Gasteiger partial charge in [0.15, 0.2) is 0 Å². The van der Waals surface area contributed by atoms with Crippen LogP contribution in [0.4, 0.5) is 0 Å². The topological polar surface area (TPSA) is 44.0 Å². The van der Waals surface area contributed by atoms with Crippen molar-refractivity contribution >= 4 is 34.8 Å². The predicted octanol–water partition coefficient (Wildman–Crippen LogP) is 3.45. The minimum Gasteiger partial charge on any atom is -0.300 e. The van der Waals surface area contributed by atoms with Crippen molar-refractivity contribution < 1.29 is 0 Å². The van der Waals surface area contributed by atoms with Gasteiger partial charge in [-0.15, -0.1) is 0 Å². The average Bonchev–Trinajstić information content (AvgIpc) is 2.42. The molecule has 0 amide bonds. The number of rotatable bonds is 3. The maximum absolute atomic E-state index is 12.4. The lowest BCUT2D eigenvalue weighted by molar-refractivity contribution is 0.677. The zero-order valence-corrected chi connectivity index (χ0v) is 13.8. The molecule has 112 valence electrons. The van der Waals surface area contributed by atoms with Crippen molar-refractivity contribution in [1.29, 1.82) is 0 Å². The van der Waals surface area contributed by atoms with Crippen LogP contribution < -0.4 is 11.2 Å². The molecule has 0 saturated heterocycles. The van der Waals surface area contributed by atoms with Gasteiger partial charge in [-0.2, -0.15) is 0 Å².